The van der Waals surface area contributed by atoms with Gasteiger partial charge in [-0.25, -0.2) is 4.79 Å². The maximum absolute atomic E-state index is 12.4. The SMILES string of the molecule is Cc1cccc(OC(=O)c2cc(C(C)(C)C)nn2C)c1C. The summed E-state index contributed by atoms with van der Waals surface area (Å²) in [4.78, 5) is 12.4. The van der Waals surface area contributed by atoms with E-state index in [0.717, 1.165) is 16.8 Å². The summed E-state index contributed by atoms with van der Waals surface area (Å²) in [5.41, 5.74) is 3.30. The van der Waals surface area contributed by atoms with Crippen molar-refractivity contribution in [2.24, 2.45) is 7.05 Å². The molecule has 2 rings (SSSR count). The first-order valence-electron chi connectivity index (χ1n) is 7.03. The van der Waals surface area contributed by atoms with Gasteiger partial charge < -0.3 is 4.74 Å². The van der Waals surface area contributed by atoms with Gasteiger partial charge >= 0.3 is 5.97 Å². The number of rotatable bonds is 2. The van der Waals surface area contributed by atoms with Gasteiger partial charge in [-0.3, -0.25) is 4.68 Å². The van der Waals surface area contributed by atoms with E-state index in [1.54, 1.807) is 23.9 Å². The van der Waals surface area contributed by atoms with Crippen molar-refractivity contribution < 1.29 is 9.53 Å². The summed E-state index contributed by atoms with van der Waals surface area (Å²) in [5, 5.41) is 4.40. The first-order chi connectivity index (χ1) is 9.70. The number of nitrogens with zero attached hydrogens (tertiary/aromatic N) is 2. The maximum atomic E-state index is 12.4. The van der Waals surface area contributed by atoms with Crippen molar-refractivity contribution in [2.45, 2.75) is 40.0 Å². The van der Waals surface area contributed by atoms with Crippen LogP contribution in [-0.4, -0.2) is 15.7 Å². The van der Waals surface area contributed by atoms with E-state index < -0.39 is 0 Å². The van der Waals surface area contributed by atoms with Crippen LogP contribution in [0.1, 0.15) is 48.1 Å². The van der Waals surface area contributed by atoms with Crippen LogP contribution in [0, 0.1) is 13.8 Å². The summed E-state index contributed by atoms with van der Waals surface area (Å²) in [7, 11) is 1.76. The Labute approximate surface area is 125 Å². The van der Waals surface area contributed by atoms with Crippen LogP contribution in [0.25, 0.3) is 0 Å². The molecule has 112 valence electrons. The van der Waals surface area contributed by atoms with E-state index in [1.807, 2.05) is 26.0 Å². The molecule has 0 aliphatic heterocycles. The summed E-state index contributed by atoms with van der Waals surface area (Å²) in [6.07, 6.45) is 0. The molecule has 1 heterocycles. The minimum Gasteiger partial charge on any atom is -0.422 e. The van der Waals surface area contributed by atoms with Gasteiger partial charge in [-0.1, -0.05) is 32.9 Å². The topological polar surface area (TPSA) is 44.1 Å². The van der Waals surface area contributed by atoms with Crippen LogP contribution in [0.15, 0.2) is 24.3 Å². The summed E-state index contributed by atoms with van der Waals surface area (Å²) < 4.78 is 7.10. The van der Waals surface area contributed by atoms with Gasteiger partial charge in [0.15, 0.2) is 0 Å². The Balaban J connectivity index is 2.29. The lowest BCUT2D eigenvalue weighted by molar-refractivity contribution is 0.0722. The van der Waals surface area contributed by atoms with E-state index in [1.165, 1.54) is 0 Å². The second-order valence-electron chi connectivity index (χ2n) is 6.38. The van der Waals surface area contributed by atoms with Crippen LogP contribution >= 0.6 is 0 Å². The number of hydrogen-bond acceptors (Lipinski definition) is 3. The highest BCUT2D eigenvalue weighted by molar-refractivity contribution is 5.89. The van der Waals surface area contributed by atoms with E-state index in [2.05, 4.69) is 25.9 Å². The number of aryl methyl sites for hydroxylation is 2. The molecular formula is C17H22N2O2. The van der Waals surface area contributed by atoms with Crippen molar-refractivity contribution in [1.29, 1.82) is 0 Å². The van der Waals surface area contributed by atoms with E-state index in [-0.39, 0.29) is 11.4 Å². The second-order valence-corrected chi connectivity index (χ2v) is 6.38. The second kappa shape index (κ2) is 5.35. The Morgan fingerprint density at radius 3 is 2.48 bits per heavy atom. The van der Waals surface area contributed by atoms with E-state index in [4.69, 9.17) is 4.74 Å². The average Bonchev–Trinajstić information content (AvgIpc) is 2.77. The monoisotopic (exact) mass is 286 g/mol. The molecule has 0 spiro atoms. The van der Waals surface area contributed by atoms with Crippen LogP contribution in [0.5, 0.6) is 5.75 Å². The van der Waals surface area contributed by atoms with Crippen molar-refractivity contribution in [3.63, 3.8) is 0 Å². The lowest BCUT2D eigenvalue weighted by atomic mass is 9.92. The summed E-state index contributed by atoms with van der Waals surface area (Å²) in [6, 6.07) is 7.48. The van der Waals surface area contributed by atoms with Crippen LogP contribution in [0.4, 0.5) is 0 Å². The average molecular weight is 286 g/mol. The van der Waals surface area contributed by atoms with Crippen molar-refractivity contribution in [2.75, 3.05) is 0 Å². The van der Waals surface area contributed by atoms with Crippen LogP contribution in [0.2, 0.25) is 0 Å². The molecule has 0 unspecified atom stereocenters. The minimum atomic E-state index is -0.380. The Morgan fingerprint density at radius 1 is 1.24 bits per heavy atom. The number of aromatic nitrogens is 2. The highest BCUT2D eigenvalue weighted by Crippen LogP contribution is 2.24. The minimum absolute atomic E-state index is 0.102. The van der Waals surface area contributed by atoms with Crippen molar-refractivity contribution in [3.8, 4) is 5.75 Å². The largest absolute Gasteiger partial charge is 0.422 e. The summed E-state index contributed by atoms with van der Waals surface area (Å²) in [6.45, 7) is 10.1. The Morgan fingerprint density at radius 2 is 1.90 bits per heavy atom. The van der Waals surface area contributed by atoms with Gasteiger partial charge in [0.25, 0.3) is 0 Å². The number of carbonyl (C=O) groups is 1. The first kappa shape index (κ1) is 15.3. The molecular weight excluding hydrogens is 264 g/mol. The molecule has 4 heteroatoms. The fourth-order valence-corrected chi connectivity index (χ4v) is 2.01. The van der Waals surface area contributed by atoms with E-state index >= 15 is 0 Å². The lowest BCUT2D eigenvalue weighted by Gasteiger charge is -2.13. The molecule has 0 aliphatic rings. The predicted octanol–water partition coefficient (Wildman–Crippen LogP) is 3.55. The van der Waals surface area contributed by atoms with Crippen LogP contribution < -0.4 is 4.74 Å². The molecule has 0 bridgehead atoms. The standard InChI is InChI=1S/C17H22N2O2/c1-11-8-7-9-14(12(11)2)21-16(20)13-10-15(17(3,4)5)18-19(13)6/h7-10H,1-6H3. The molecule has 4 nitrogen and oxygen atoms in total. The van der Waals surface area contributed by atoms with E-state index in [0.29, 0.717) is 11.4 Å². The zero-order chi connectivity index (χ0) is 15.8. The van der Waals surface area contributed by atoms with Gasteiger partial charge in [-0.2, -0.15) is 5.10 Å². The quantitative estimate of drug-likeness (QED) is 0.626. The third-order valence-electron chi connectivity index (χ3n) is 3.61. The zero-order valence-electron chi connectivity index (χ0n) is 13.5. The zero-order valence-corrected chi connectivity index (χ0v) is 13.5. The third kappa shape index (κ3) is 3.15. The molecule has 0 aliphatic carbocycles. The van der Waals surface area contributed by atoms with Crippen LogP contribution in [-0.2, 0) is 12.5 Å². The molecule has 2 aromatic rings. The molecule has 0 radical (unpaired) electrons. The van der Waals surface area contributed by atoms with Gasteiger partial charge in [0.1, 0.15) is 11.4 Å². The Hall–Kier alpha value is -2.10. The first-order valence-corrected chi connectivity index (χ1v) is 7.03. The molecule has 1 aromatic carbocycles. The number of benzene rings is 1. The van der Waals surface area contributed by atoms with Gasteiger partial charge in [-0.05, 0) is 37.1 Å². The maximum Gasteiger partial charge on any atom is 0.361 e. The Kier molecular flexibility index (Phi) is 3.90. The van der Waals surface area contributed by atoms with Gasteiger partial charge in [0.05, 0.1) is 5.69 Å². The number of carbonyl (C=O) groups excluding carboxylic acids is 1. The molecule has 0 N–H and O–H groups in total. The normalized spacial score (nSPS) is 11.5. The van der Waals surface area contributed by atoms with Crippen molar-refractivity contribution in [1.82, 2.24) is 9.78 Å². The summed E-state index contributed by atoms with van der Waals surface area (Å²) in [5.74, 6) is 0.215. The number of hydrogen-bond donors (Lipinski definition) is 0. The summed E-state index contributed by atoms with van der Waals surface area (Å²) >= 11 is 0. The van der Waals surface area contributed by atoms with Gasteiger partial charge in [-0.15, -0.1) is 0 Å². The molecule has 0 saturated heterocycles. The van der Waals surface area contributed by atoms with Gasteiger partial charge in [0, 0.05) is 12.5 Å². The molecule has 0 fully saturated rings. The van der Waals surface area contributed by atoms with Crippen molar-refractivity contribution >= 4 is 5.97 Å². The predicted molar refractivity (Wildman–Crippen MR) is 82.8 cm³/mol. The highest BCUT2D eigenvalue weighted by atomic mass is 16.5. The van der Waals surface area contributed by atoms with Crippen molar-refractivity contribution in [3.05, 3.63) is 46.8 Å². The fourth-order valence-electron chi connectivity index (χ4n) is 2.01. The molecule has 21 heavy (non-hydrogen) atoms. The molecule has 0 saturated carbocycles. The van der Waals surface area contributed by atoms with E-state index in [9.17, 15) is 4.79 Å². The molecule has 1 aromatic heterocycles. The van der Waals surface area contributed by atoms with Gasteiger partial charge in [0.2, 0.25) is 0 Å². The smallest absolute Gasteiger partial charge is 0.361 e. The van der Waals surface area contributed by atoms with Crippen LogP contribution in [0.3, 0.4) is 0 Å². The highest BCUT2D eigenvalue weighted by Gasteiger charge is 2.23. The number of ether oxygens (including phenoxy) is 1. The molecule has 0 amide bonds. The Bertz CT molecular complexity index is 679. The lowest BCUT2D eigenvalue weighted by Crippen LogP contribution is -2.14. The molecule has 0 atom stereocenters. The third-order valence-corrected chi connectivity index (χ3v) is 3.61. The number of esters is 1. The fraction of sp³-hybridized carbons (Fsp3) is 0.412.